The van der Waals surface area contributed by atoms with Gasteiger partial charge in [0.2, 0.25) is 10.0 Å². The number of hydrogen-bond donors (Lipinski definition) is 2. The third-order valence-electron chi connectivity index (χ3n) is 2.26. The van der Waals surface area contributed by atoms with Gasteiger partial charge in [-0.05, 0) is 24.0 Å². The van der Waals surface area contributed by atoms with Crippen molar-refractivity contribution in [1.82, 2.24) is 4.31 Å². The van der Waals surface area contributed by atoms with Gasteiger partial charge < -0.3 is 10.0 Å². The van der Waals surface area contributed by atoms with Crippen molar-refractivity contribution in [2.45, 2.75) is 11.8 Å². The van der Waals surface area contributed by atoms with Crippen LogP contribution < -0.4 is 5.46 Å². The van der Waals surface area contributed by atoms with Crippen LogP contribution in [0.5, 0.6) is 0 Å². The molecule has 0 bridgehead atoms. The summed E-state index contributed by atoms with van der Waals surface area (Å²) >= 11 is 0. The van der Waals surface area contributed by atoms with E-state index in [-0.39, 0.29) is 10.4 Å². The first-order chi connectivity index (χ1) is 7.26. The third-order valence-corrected chi connectivity index (χ3v) is 4.23. The summed E-state index contributed by atoms with van der Waals surface area (Å²) in [5.74, 6) is 0. The van der Waals surface area contributed by atoms with Gasteiger partial charge in [0.05, 0.1) is 4.90 Å². The van der Waals surface area contributed by atoms with Crippen LogP contribution in [-0.2, 0) is 10.0 Å². The van der Waals surface area contributed by atoms with Crippen LogP contribution in [0.3, 0.4) is 0 Å². The van der Waals surface area contributed by atoms with Crippen LogP contribution >= 0.6 is 0 Å². The molecule has 88 valence electrons. The topological polar surface area (TPSA) is 77.8 Å². The largest absolute Gasteiger partial charge is 0.488 e. The molecule has 0 fully saturated rings. The standard InChI is InChI=1S/C9H14BNO4S/c1-7-6-8(10(12)13)4-5-9(7)16(14,15)11(2)3/h4-6,12-13H,1-3H3. The first-order valence-corrected chi connectivity index (χ1v) is 6.10. The van der Waals surface area contributed by atoms with E-state index in [2.05, 4.69) is 0 Å². The molecule has 0 aromatic heterocycles. The lowest BCUT2D eigenvalue weighted by molar-refractivity contribution is 0.425. The van der Waals surface area contributed by atoms with Gasteiger partial charge in [-0.1, -0.05) is 12.1 Å². The fraction of sp³-hybridized carbons (Fsp3) is 0.333. The zero-order valence-electron chi connectivity index (χ0n) is 9.38. The van der Waals surface area contributed by atoms with E-state index in [0.717, 1.165) is 4.31 Å². The van der Waals surface area contributed by atoms with E-state index in [1.54, 1.807) is 6.92 Å². The lowest BCUT2D eigenvalue weighted by Crippen LogP contribution is -2.31. The van der Waals surface area contributed by atoms with Gasteiger partial charge in [0.15, 0.2) is 0 Å². The van der Waals surface area contributed by atoms with Crippen LogP contribution in [0.25, 0.3) is 0 Å². The first kappa shape index (κ1) is 13.2. The Labute approximate surface area is 95.5 Å². The fourth-order valence-corrected chi connectivity index (χ4v) is 2.42. The van der Waals surface area contributed by atoms with Gasteiger partial charge in [0.1, 0.15) is 0 Å². The summed E-state index contributed by atoms with van der Waals surface area (Å²) in [4.78, 5) is 0.168. The molecule has 7 heteroatoms. The smallest absolute Gasteiger partial charge is 0.423 e. The molecule has 16 heavy (non-hydrogen) atoms. The van der Waals surface area contributed by atoms with E-state index >= 15 is 0 Å². The molecule has 5 nitrogen and oxygen atoms in total. The molecular weight excluding hydrogens is 229 g/mol. The second kappa shape index (κ2) is 4.54. The summed E-state index contributed by atoms with van der Waals surface area (Å²) in [6.07, 6.45) is 0. The van der Waals surface area contributed by atoms with Gasteiger partial charge in [0.25, 0.3) is 0 Å². The average Bonchev–Trinajstić information content (AvgIpc) is 2.16. The van der Waals surface area contributed by atoms with Crippen LogP contribution in [0.2, 0.25) is 0 Å². The van der Waals surface area contributed by atoms with Crippen molar-refractivity contribution in [3.8, 4) is 0 Å². The minimum Gasteiger partial charge on any atom is -0.423 e. The molecule has 1 aromatic carbocycles. The predicted molar refractivity (Wildman–Crippen MR) is 61.9 cm³/mol. The van der Waals surface area contributed by atoms with Crippen LogP contribution in [0.1, 0.15) is 5.56 Å². The number of rotatable bonds is 3. The second-order valence-corrected chi connectivity index (χ2v) is 5.81. The van der Waals surface area contributed by atoms with E-state index < -0.39 is 17.1 Å². The van der Waals surface area contributed by atoms with Crippen molar-refractivity contribution in [3.63, 3.8) is 0 Å². The number of aryl methyl sites for hydroxylation is 1. The maximum Gasteiger partial charge on any atom is 0.488 e. The normalized spacial score (nSPS) is 11.9. The van der Waals surface area contributed by atoms with Gasteiger partial charge in [0, 0.05) is 14.1 Å². The second-order valence-electron chi connectivity index (χ2n) is 3.69. The quantitative estimate of drug-likeness (QED) is 0.662. The molecule has 0 spiro atoms. The summed E-state index contributed by atoms with van der Waals surface area (Å²) in [6.45, 7) is 1.61. The summed E-state index contributed by atoms with van der Waals surface area (Å²) in [6, 6.07) is 4.20. The average molecular weight is 243 g/mol. The van der Waals surface area contributed by atoms with E-state index in [1.165, 1.54) is 32.3 Å². The van der Waals surface area contributed by atoms with Crippen molar-refractivity contribution < 1.29 is 18.5 Å². The van der Waals surface area contributed by atoms with Crippen molar-refractivity contribution in [2.75, 3.05) is 14.1 Å². The first-order valence-electron chi connectivity index (χ1n) is 4.66. The Hall–Kier alpha value is -0.885. The lowest BCUT2D eigenvalue weighted by Gasteiger charge is -2.14. The molecule has 0 saturated heterocycles. The van der Waals surface area contributed by atoms with Crippen LogP contribution in [-0.4, -0.2) is 44.0 Å². The summed E-state index contributed by atoms with van der Waals surface area (Å²) in [7, 11) is -2.17. The molecule has 0 amide bonds. The zero-order valence-corrected chi connectivity index (χ0v) is 10.2. The molecule has 0 atom stereocenters. The van der Waals surface area contributed by atoms with Crippen LogP contribution in [0.4, 0.5) is 0 Å². The van der Waals surface area contributed by atoms with Crippen molar-refractivity contribution >= 4 is 22.6 Å². The van der Waals surface area contributed by atoms with Crippen molar-refractivity contribution in [1.29, 1.82) is 0 Å². The molecule has 1 aromatic rings. The number of sulfonamides is 1. The monoisotopic (exact) mass is 243 g/mol. The predicted octanol–water partition coefficient (Wildman–Crippen LogP) is -1.07. The molecule has 0 unspecified atom stereocenters. The highest BCUT2D eigenvalue weighted by Crippen LogP contribution is 2.16. The molecule has 2 N–H and O–H groups in total. The Bertz CT molecular complexity index is 484. The van der Waals surface area contributed by atoms with Gasteiger partial charge in [-0.15, -0.1) is 0 Å². The summed E-state index contributed by atoms with van der Waals surface area (Å²) < 4.78 is 24.8. The third kappa shape index (κ3) is 2.44. The molecule has 0 radical (unpaired) electrons. The summed E-state index contributed by atoms with van der Waals surface area (Å²) in [5.41, 5.74) is 0.759. The van der Waals surface area contributed by atoms with E-state index in [0.29, 0.717) is 5.56 Å². The Balaban J connectivity index is 3.30. The lowest BCUT2D eigenvalue weighted by atomic mass is 9.80. The molecule has 0 saturated carbocycles. The number of benzene rings is 1. The molecule has 0 aliphatic rings. The SMILES string of the molecule is Cc1cc(B(O)O)ccc1S(=O)(=O)N(C)C. The summed E-state index contributed by atoms with van der Waals surface area (Å²) in [5, 5.41) is 17.9. The number of hydrogen-bond acceptors (Lipinski definition) is 4. The van der Waals surface area contributed by atoms with E-state index in [1.807, 2.05) is 0 Å². The van der Waals surface area contributed by atoms with E-state index in [4.69, 9.17) is 10.0 Å². The van der Waals surface area contributed by atoms with Gasteiger partial charge in [-0.3, -0.25) is 0 Å². The number of nitrogens with zero attached hydrogens (tertiary/aromatic N) is 1. The van der Waals surface area contributed by atoms with Gasteiger partial charge >= 0.3 is 7.12 Å². The van der Waals surface area contributed by atoms with Gasteiger partial charge in [-0.2, -0.15) is 0 Å². The van der Waals surface area contributed by atoms with Gasteiger partial charge in [-0.25, -0.2) is 12.7 Å². The van der Waals surface area contributed by atoms with Crippen LogP contribution in [0.15, 0.2) is 23.1 Å². The van der Waals surface area contributed by atoms with Crippen molar-refractivity contribution in [2.24, 2.45) is 0 Å². The molecule has 1 rings (SSSR count). The maximum absolute atomic E-state index is 11.8. The Morgan fingerprint density at radius 3 is 2.19 bits per heavy atom. The fourth-order valence-electron chi connectivity index (χ4n) is 1.32. The minimum absolute atomic E-state index is 0.168. The zero-order chi connectivity index (χ0) is 12.5. The Morgan fingerprint density at radius 1 is 1.25 bits per heavy atom. The highest BCUT2D eigenvalue weighted by atomic mass is 32.2. The maximum atomic E-state index is 11.8. The molecule has 0 aliphatic carbocycles. The Morgan fingerprint density at radius 2 is 1.81 bits per heavy atom. The molecular formula is C9H14BNO4S. The molecule has 0 aliphatic heterocycles. The van der Waals surface area contributed by atoms with Crippen LogP contribution in [0, 0.1) is 6.92 Å². The molecule has 0 heterocycles. The van der Waals surface area contributed by atoms with E-state index in [9.17, 15) is 8.42 Å². The highest BCUT2D eigenvalue weighted by molar-refractivity contribution is 7.89. The minimum atomic E-state index is -3.48. The highest BCUT2D eigenvalue weighted by Gasteiger charge is 2.21. The van der Waals surface area contributed by atoms with Crippen molar-refractivity contribution in [3.05, 3.63) is 23.8 Å². The Kier molecular flexibility index (Phi) is 3.74.